The molecule has 1 aliphatic heterocycles. The molecule has 30 heavy (non-hydrogen) atoms. The quantitative estimate of drug-likeness (QED) is 0.508. The van der Waals surface area contributed by atoms with E-state index in [4.69, 9.17) is 4.52 Å². The zero-order valence-electron chi connectivity index (χ0n) is 15.9. The Labute approximate surface area is 174 Å². The second-order valence-corrected chi connectivity index (χ2v) is 7.81. The van der Waals surface area contributed by atoms with E-state index in [2.05, 4.69) is 15.5 Å². The van der Waals surface area contributed by atoms with Gasteiger partial charge in [-0.1, -0.05) is 11.2 Å². The molecule has 0 fully saturated rings. The fourth-order valence-corrected chi connectivity index (χ4v) is 4.15. The number of benzene rings is 1. The van der Waals surface area contributed by atoms with Gasteiger partial charge in [0.1, 0.15) is 0 Å². The Morgan fingerprint density at radius 1 is 1.13 bits per heavy atom. The number of pyridine rings is 1. The number of hydrogen-bond donors (Lipinski definition) is 1. The third-order valence-corrected chi connectivity index (χ3v) is 5.88. The molecule has 4 aromatic rings. The molecule has 0 unspecified atom stereocenters. The molecule has 148 valence electrons. The Hall–Kier alpha value is -3.85. The Morgan fingerprint density at radius 3 is 2.70 bits per heavy atom. The first-order valence-corrected chi connectivity index (χ1v) is 9.90. The van der Waals surface area contributed by atoms with E-state index >= 15 is 0 Å². The van der Waals surface area contributed by atoms with Crippen LogP contribution in [-0.4, -0.2) is 39.8 Å². The summed E-state index contributed by atoms with van der Waals surface area (Å²) in [6.45, 7) is 1.74. The van der Waals surface area contributed by atoms with Crippen molar-refractivity contribution in [3.05, 3.63) is 64.2 Å². The summed E-state index contributed by atoms with van der Waals surface area (Å²) in [5, 5.41) is 9.20. The second kappa shape index (κ2) is 6.60. The van der Waals surface area contributed by atoms with Crippen LogP contribution >= 0.6 is 11.3 Å². The average molecular weight is 418 g/mol. The van der Waals surface area contributed by atoms with Crippen molar-refractivity contribution in [1.82, 2.24) is 15.0 Å². The van der Waals surface area contributed by atoms with Crippen LogP contribution in [0.25, 0.3) is 21.7 Å². The molecule has 0 bridgehead atoms. The number of amides is 3. The fraction of sp³-hybridized carbons (Fsp3) is 0.0952. The Balaban J connectivity index is 1.55. The number of aromatic nitrogens is 2. The number of rotatable bonds is 3. The standard InChI is InChI=1S/C21H14N4O4S/c1-10-17-14(9-15(16-4-3-7-30-16)23-19(17)29-24-10)18(26)22-11-5-6-12-13(8-11)21(28)25(2)20(12)27/h3-9H,1-2H3,(H,22,26). The van der Waals surface area contributed by atoms with E-state index in [9.17, 15) is 14.4 Å². The monoisotopic (exact) mass is 418 g/mol. The number of aryl methyl sites for hydroxylation is 1. The molecule has 3 amide bonds. The maximum atomic E-state index is 13.1. The summed E-state index contributed by atoms with van der Waals surface area (Å²) in [5.74, 6) is -1.15. The molecule has 1 aliphatic rings. The lowest BCUT2D eigenvalue weighted by Crippen LogP contribution is -2.24. The molecular weight excluding hydrogens is 404 g/mol. The van der Waals surface area contributed by atoms with Crippen molar-refractivity contribution >= 4 is 45.8 Å². The van der Waals surface area contributed by atoms with E-state index in [0.717, 1.165) is 9.78 Å². The van der Waals surface area contributed by atoms with Crippen LogP contribution in [0.2, 0.25) is 0 Å². The lowest BCUT2D eigenvalue weighted by molar-refractivity contribution is 0.0692. The lowest BCUT2D eigenvalue weighted by atomic mass is 10.1. The first-order chi connectivity index (χ1) is 14.4. The molecule has 1 N–H and O–H groups in total. The molecule has 0 spiro atoms. The van der Waals surface area contributed by atoms with Gasteiger partial charge in [-0.2, -0.15) is 0 Å². The van der Waals surface area contributed by atoms with Crippen LogP contribution in [0.1, 0.15) is 36.8 Å². The molecule has 4 heterocycles. The highest BCUT2D eigenvalue weighted by Crippen LogP contribution is 2.30. The van der Waals surface area contributed by atoms with Crippen LogP contribution in [0.5, 0.6) is 0 Å². The van der Waals surface area contributed by atoms with Crippen LogP contribution in [0, 0.1) is 6.92 Å². The van der Waals surface area contributed by atoms with Gasteiger partial charge in [0.15, 0.2) is 0 Å². The van der Waals surface area contributed by atoms with E-state index < -0.39 is 11.8 Å². The van der Waals surface area contributed by atoms with Gasteiger partial charge in [0.2, 0.25) is 0 Å². The first kappa shape index (κ1) is 18.2. The van der Waals surface area contributed by atoms with Gasteiger partial charge < -0.3 is 9.84 Å². The Morgan fingerprint density at radius 2 is 1.93 bits per heavy atom. The number of hydrogen-bond acceptors (Lipinski definition) is 7. The van der Waals surface area contributed by atoms with Crippen molar-refractivity contribution in [2.75, 3.05) is 12.4 Å². The van der Waals surface area contributed by atoms with Crippen molar-refractivity contribution in [2.45, 2.75) is 6.92 Å². The van der Waals surface area contributed by atoms with Gasteiger partial charge in [0, 0.05) is 12.7 Å². The minimum Gasteiger partial charge on any atom is -0.335 e. The van der Waals surface area contributed by atoms with Crippen LogP contribution in [0.4, 0.5) is 5.69 Å². The molecule has 0 saturated carbocycles. The highest BCUT2D eigenvalue weighted by Gasteiger charge is 2.33. The largest absolute Gasteiger partial charge is 0.335 e. The third-order valence-electron chi connectivity index (χ3n) is 4.98. The van der Waals surface area contributed by atoms with Crippen molar-refractivity contribution in [1.29, 1.82) is 0 Å². The summed E-state index contributed by atoms with van der Waals surface area (Å²) in [6, 6.07) is 10.2. The molecule has 0 radical (unpaired) electrons. The molecule has 0 saturated heterocycles. The summed E-state index contributed by atoms with van der Waals surface area (Å²) in [7, 11) is 1.43. The van der Waals surface area contributed by atoms with Crippen molar-refractivity contribution < 1.29 is 18.9 Å². The van der Waals surface area contributed by atoms with Gasteiger partial charge >= 0.3 is 0 Å². The van der Waals surface area contributed by atoms with Gasteiger partial charge in [0.25, 0.3) is 23.4 Å². The molecule has 0 aliphatic carbocycles. The van der Waals surface area contributed by atoms with Crippen LogP contribution in [0.15, 0.2) is 46.3 Å². The topological polar surface area (TPSA) is 105 Å². The number of fused-ring (bicyclic) bond motifs is 2. The zero-order chi connectivity index (χ0) is 21.0. The number of nitrogens with one attached hydrogen (secondary N) is 1. The lowest BCUT2D eigenvalue weighted by Gasteiger charge is -2.08. The minimum absolute atomic E-state index is 0.264. The van der Waals surface area contributed by atoms with Crippen LogP contribution in [0.3, 0.4) is 0 Å². The normalized spacial score (nSPS) is 13.2. The molecule has 1 aromatic carbocycles. The molecular formula is C21H14N4O4S. The van der Waals surface area contributed by atoms with Gasteiger partial charge in [-0.05, 0) is 42.6 Å². The number of carbonyl (C=O) groups is 3. The van der Waals surface area contributed by atoms with Crippen molar-refractivity contribution in [2.24, 2.45) is 0 Å². The van der Waals surface area contributed by atoms with Crippen molar-refractivity contribution in [3.63, 3.8) is 0 Å². The summed E-state index contributed by atoms with van der Waals surface area (Å²) in [5.41, 5.74) is 2.79. The average Bonchev–Trinajstić information content (AvgIpc) is 3.45. The van der Waals surface area contributed by atoms with Crippen LogP contribution in [-0.2, 0) is 0 Å². The maximum Gasteiger partial charge on any atom is 0.261 e. The third kappa shape index (κ3) is 2.71. The Bertz CT molecular complexity index is 1360. The highest BCUT2D eigenvalue weighted by atomic mass is 32.1. The molecule has 9 heteroatoms. The van der Waals surface area contributed by atoms with E-state index in [1.807, 2.05) is 17.5 Å². The SMILES string of the molecule is Cc1noc2nc(-c3cccs3)cc(C(=O)Nc3ccc4c(c3)C(=O)N(C)C4=O)c12. The Kier molecular flexibility index (Phi) is 4.00. The molecule has 0 atom stereocenters. The molecule has 3 aromatic heterocycles. The highest BCUT2D eigenvalue weighted by molar-refractivity contribution is 7.13. The first-order valence-electron chi connectivity index (χ1n) is 9.02. The predicted molar refractivity (Wildman–Crippen MR) is 111 cm³/mol. The predicted octanol–water partition coefficient (Wildman–Crippen LogP) is 3.74. The van der Waals surface area contributed by atoms with E-state index in [-0.39, 0.29) is 17.2 Å². The van der Waals surface area contributed by atoms with E-state index in [0.29, 0.717) is 33.6 Å². The fourth-order valence-electron chi connectivity index (χ4n) is 3.46. The second-order valence-electron chi connectivity index (χ2n) is 6.86. The van der Waals surface area contributed by atoms with Gasteiger partial charge in [-0.25, -0.2) is 4.98 Å². The van der Waals surface area contributed by atoms with Gasteiger partial charge in [-0.15, -0.1) is 11.3 Å². The maximum absolute atomic E-state index is 13.1. The van der Waals surface area contributed by atoms with Gasteiger partial charge in [-0.3, -0.25) is 19.3 Å². The number of carbonyl (C=O) groups excluding carboxylic acids is 3. The van der Waals surface area contributed by atoms with Gasteiger partial charge in [0.05, 0.1) is 38.3 Å². The molecule has 8 nitrogen and oxygen atoms in total. The minimum atomic E-state index is -0.396. The summed E-state index contributed by atoms with van der Waals surface area (Å²) in [6.07, 6.45) is 0. The van der Waals surface area contributed by atoms with Crippen molar-refractivity contribution in [3.8, 4) is 10.6 Å². The number of thiophene rings is 1. The zero-order valence-corrected chi connectivity index (χ0v) is 16.7. The molecule has 5 rings (SSSR count). The van der Waals surface area contributed by atoms with Crippen LogP contribution < -0.4 is 5.32 Å². The summed E-state index contributed by atoms with van der Waals surface area (Å²) in [4.78, 5) is 43.9. The summed E-state index contributed by atoms with van der Waals surface area (Å²) < 4.78 is 5.30. The number of nitrogens with zero attached hydrogens (tertiary/aromatic N) is 3. The smallest absolute Gasteiger partial charge is 0.261 e. The number of imide groups is 1. The van der Waals surface area contributed by atoms with E-state index in [1.165, 1.54) is 24.5 Å². The summed E-state index contributed by atoms with van der Waals surface area (Å²) >= 11 is 1.50. The van der Waals surface area contributed by atoms with E-state index in [1.54, 1.807) is 25.1 Å². The number of anilines is 1.